The summed E-state index contributed by atoms with van der Waals surface area (Å²) in [7, 11) is 0. The predicted octanol–water partition coefficient (Wildman–Crippen LogP) is 2.80. The Balaban J connectivity index is 2.87. The van der Waals surface area contributed by atoms with Gasteiger partial charge in [-0.3, -0.25) is 4.79 Å². The van der Waals surface area contributed by atoms with E-state index in [1.165, 1.54) is 0 Å². The second kappa shape index (κ2) is 7.68. The third-order valence-corrected chi connectivity index (χ3v) is 3.30. The Morgan fingerprint density at radius 1 is 1.20 bits per heavy atom. The molecule has 1 rings (SSSR count). The number of benzene rings is 1. The zero-order valence-electron chi connectivity index (χ0n) is 12.3. The molecule has 0 saturated heterocycles. The third kappa shape index (κ3) is 4.37. The van der Waals surface area contributed by atoms with Crippen LogP contribution in [0.3, 0.4) is 0 Å². The van der Waals surface area contributed by atoms with Gasteiger partial charge in [-0.05, 0) is 17.9 Å². The fourth-order valence-electron chi connectivity index (χ4n) is 2.31. The highest BCUT2D eigenvalue weighted by atomic mass is 16.4. The Kier molecular flexibility index (Phi) is 6.22. The Morgan fingerprint density at radius 2 is 1.80 bits per heavy atom. The summed E-state index contributed by atoms with van der Waals surface area (Å²) >= 11 is 0. The Morgan fingerprint density at radius 3 is 2.25 bits per heavy atom. The van der Waals surface area contributed by atoms with Crippen molar-refractivity contribution in [2.24, 2.45) is 5.92 Å². The van der Waals surface area contributed by atoms with Crippen molar-refractivity contribution >= 4 is 11.9 Å². The summed E-state index contributed by atoms with van der Waals surface area (Å²) in [6.07, 6.45) is 1.16. The van der Waals surface area contributed by atoms with E-state index >= 15 is 0 Å². The number of carboxylic acid groups (broad SMARTS) is 1. The summed E-state index contributed by atoms with van der Waals surface area (Å²) in [6.45, 7) is 5.83. The summed E-state index contributed by atoms with van der Waals surface area (Å²) in [6, 6.07) is 8.67. The number of carboxylic acids is 1. The number of rotatable bonds is 7. The lowest BCUT2D eigenvalue weighted by Crippen LogP contribution is -2.43. The molecule has 1 aromatic rings. The number of carbonyl (C=O) groups excluding carboxylic acids is 1. The largest absolute Gasteiger partial charge is 0.480 e. The van der Waals surface area contributed by atoms with Gasteiger partial charge in [0.2, 0.25) is 5.91 Å². The van der Waals surface area contributed by atoms with Crippen LogP contribution in [0.2, 0.25) is 0 Å². The number of hydrogen-bond donors (Lipinski definition) is 2. The topological polar surface area (TPSA) is 66.4 Å². The number of nitrogens with one attached hydrogen (secondary N) is 1. The van der Waals surface area contributed by atoms with Gasteiger partial charge in [-0.2, -0.15) is 0 Å². The lowest BCUT2D eigenvalue weighted by molar-refractivity contribution is -0.142. The van der Waals surface area contributed by atoms with E-state index in [0.29, 0.717) is 6.42 Å². The smallest absolute Gasteiger partial charge is 0.326 e. The van der Waals surface area contributed by atoms with E-state index in [0.717, 1.165) is 12.0 Å². The maximum absolute atomic E-state index is 12.4. The highest BCUT2D eigenvalue weighted by molar-refractivity contribution is 5.88. The number of hydrogen-bond acceptors (Lipinski definition) is 2. The lowest BCUT2D eigenvalue weighted by Gasteiger charge is -2.23. The highest BCUT2D eigenvalue weighted by Crippen LogP contribution is 2.24. The first-order valence-corrected chi connectivity index (χ1v) is 7.05. The molecule has 0 aliphatic carbocycles. The highest BCUT2D eigenvalue weighted by Gasteiger charge is 2.27. The molecular weight excluding hydrogens is 254 g/mol. The van der Waals surface area contributed by atoms with Gasteiger partial charge in [0.05, 0.1) is 5.92 Å². The first-order valence-electron chi connectivity index (χ1n) is 7.05. The fraction of sp³-hybridized carbons (Fsp3) is 0.500. The molecule has 0 aliphatic heterocycles. The minimum absolute atomic E-state index is 0.105. The molecule has 0 spiro atoms. The van der Waals surface area contributed by atoms with Crippen molar-refractivity contribution in [3.63, 3.8) is 0 Å². The molecule has 110 valence electrons. The van der Waals surface area contributed by atoms with E-state index in [1.807, 2.05) is 51.1 Å². The van der Waals surface area contributed by atoms with Crippen molar-refractivity contribution in [1.29, 1.82) is 0 Å². The van der Waals surface area contributed by atoms with Crippen molar-refractivity contribution in [2.75, 3.05) is 0 Å². The maximum Gasteiger partial charge on any atom is 0.326 e. The Hall–Kier alpha value is -1.84. The van der Waals surface area contributed by atoms with Crippen molar-refractivity contribution in [3.05, 3.63) is 35.9 Å². The molecule has 20 heavy (non-hydrogen) atoms. The Bertz CT molecular complexity index is 442. The standard InChI is InChI=1S/C16H23NO3/c1-4-8-13(16(19)20)17-15(18)14(11(2)3)12-9-6-5-7-10-12/h5-7,9-11,13-14H,4,8H2,1-3H3,(H,17,18)(H,19,20). The van der Waals surface area contributed by atoms with Gasteiger partial charge >= 0.3 is 5.97 Å². The molecule has 0 heterocycles. The van der Waals surface area contributed by atoms with Crippen LogP contribution < -0.4 is 5.32 Å². The van der Waals surface area contributed by atoms with Crippen LogP contribution in [0.1, 0.15) is 45.1 Å². The summed E-state index contributed by atoms with van der Waals surface area (Å²) in [5.74, 6) is -1.41. The summed E-state index contributed by atoms with van der Waals surface area (Å²) in [4.78, 5) is 23.5. The molecular formula is C16H23NO3. The van der Waals surface area contributed by atoms with Crippen molar-refractivity contribution in [2.45, 2.75) is 45.6 Å². The van der Waals surface area contributed by atoms with Crippen molar-refractivity contribution < 1.29 is 14.7 Å². The molecule has 0 bridgehead atoms. The molecule has 0 radical (unpaired) electrons. The van der Waals surface area contributed by atoms with Gasteiger partial charge in [-0.1, -0.05) is 57.5 Å². The van der Waals surface area contributed by atoms with E-state index in [9.17, 15) is 9.59 Å². The number of carbonyl (C=O) groups is 2. The molecule has 0 fully saturated rings. The average molecular weight is 277 g/mol. The van der Waals surface area contributed by atoms with E-state index in [-0.39, 0.29) is 17.7 Å². The number of amides is 1. The van der Waals surface area contributed by atoms with Crippen LogP contribution in [-0.2, 0) is 9.59 Å². The van der Waals surface area contributed by atoms with Gasteiger partial charge in [-0.25, -0.2) is 4.79 Å². The zero-order valence-corrected chi connectivity index (χ0v) is 12.3. The fourth-order valence-corrected chi connectivity index (χ4v) is 2.31. The van der Waals surface area contributed by atoms with Gasteiger partial charge in [0.15, 0.2) is 0 Å². The van der Waals surface area contributed by atoms with E-state index in [4.69, 9.17) is 5.11 Å². The van der Waals surface area contributed by atoms with Crippen LogP contribution in [0.15, 0.2) is 30.3 Å². The van der Waals surface area contributed by atoms with Crippen LogP contribution >= 0.6 is 0 Å². The summed E-state index contributed by atoms with van der Waals surface area (Å²) < 4.78 is 0. The SMILES string of the molecule is CCCC(NC(=O)C(c1ccccc1)C(C)C)C(=O)O. The maximum atomic E-state index is 12.4. The molecule has 1 aromatic carbocycles. The van der Waals surface area contributed by atoms with Gasteiger partial charge in [0.1, 0.15) is 6.04 Å². The molecule has 0 aromatic heterocycles. The lowest BCUT2D eigenvalue weighted by atomic mass is 9.87. The Labute approximate surface area is 120 Å². The second-order valence-corrected chi connectivity index (χ2v) is 5.32. The molecule has 1 amide bonds. The first-order chi connectivity index (χ1) is 9.47. The first kappa shape index (κ1) is 16.2. The second-order valence-electron chi connectivity index (χ2n) is 5.32. The minimum atomic E-state index is -0.976. The monoisotopic (exact) mass is 277 g/mol. The van der Waals surface area contributed by atoms with E-state index < -0.39 is 12.0 Å². The van der Waals surface area contributed by atoms with Gasteiger partial charge < -0.3 is 10.4 Å². The molecule has 0 aliphatic rings. The van der Waals surface area contributed by atoms with Gasteiger partial charge in [0, 0.05) is 0 Å². The average Bonchev–Trinajstić information content (AvgIpc) is 2.39. The molecule has 4 heteroatoms. The predicted molar refractivity (Wildman–Crippen MR) is 78.5 cm³/mol. The number of aliphatic carboxylic acids is 1. The van der Waals surface area contributed by atoms with E-state index in [1.54, 1.807) is 0 Å². The molecule has 2 unspecified atom stereocenters. The van der Waals surface area contributed by atoms with Crippen LogP contribution in [0.4, 0.5) is 0 Å². The third-order valence-electron chi connectivity index (χ3n) is 3.30. The quantitative estimate of drug-likeness (QED) is 0.805. The van der Waals surface area contributed by atoms with Gasteiger partial charge in [0.25, 0.3) is 0 Å². The van der Waals surface area contributed by atoms with Crippen LogP contribution in [-0.4, -0.2) is 23.0 Å². The minimum Gasteiger partial charge on any atom is -0.480 e. The normalized spacial score (nSPS) is 13.8. The molecule has 0 saturated carbocycles. The van der Waals surface area contributed by atoms with Crippen LogP contribution in [0.5, 0.6) is 0 Å². The summed E-state index contributed by atoms with van der Waals surface area (Å²) in [5, 5.41) is 11.8. The van der Waals surface area contributed by atoms with E-state index in [2.05, 4.69) is 5.32 Å². The molecule has 2 atom stereocenters. The molecule has 2 N–H and O–H groups in total. The van der Waals surface area contributed by atoms with Crippen molar-refractivity contribution in [3.8, 4) is 0 Å². The van der Waals surface area contributed by atoms with Gasteiger partial charge in [-0.15, -0.1) is 0 Å². The van der Waals surface area contributed by atoms with Crippen LogP contribution in [0, 0.1) is 5.92 Å². The van der Waals surface area contributed by atoms with Crippen LogP contribution in [0.25, 0.3) is 0 Å². The zero-order chi connectivity index (χ0) is 15.1. The summed E-state index contributed by atoms with van der Waals surface area (Å²) in [5.41, 5.74) is 0.917. The molecule has 4 nitrogen and oxygen atoms in total. The van der Waals surface area contributed by atoms with Crippen molar-refractivity contribution in [1.82, 2.24) is 5.32 Å².